The second-order valence-electron chi connectivity index (χ2n) is 6.59. The number of carbonyl (C=O) groups is 1. The van der Waals surface area contributed by atoms with E-state index in [4.69, 9.17) is 0 Å². The summed E-state index contributed by atoms with van der Waals surface area (Å²) >= 11 is 0. The number of rotatable bonds is 4. The molecule has 0 saturated carbocycles. The number of anilines is 2. The number of benzene rings is 3. The molecule has 0 aliphatic carbocycles. The first-order valence-electron chi connectivity index (χ1n) is 9.15. The van der Waals surface area contributed by atoms with E-state index >= 15 is 0 Å². The quantitative estimate of drug-likeness (QED) is 0.477. The first-order chi connectivity index (χ1) is 14.1. The number of nitrogens with one attached hydrogen (secondary N) is 2. The summed E-state index contributed by atoms with van der Waals surface area (Å²) in [4.78, 5) is 12.5. The van der Waals surface area contributed by atoms with Gasteiger partial charge in [0.2, 0.25) is 0 Å². The van der Waals surface area contributed by atoms with Gasteiger partial charge in [0.25, 0.3) is 0 Å². The minimum atomic E-state index is -0.553. The summed E-state index contributed by atoms with van der Waals surface area (Å²) < 4.78 is 15.5. The highest BCUT2D eigenvalue weighted by Crippen LogP contribution is 2.25. The number of amides is 2. The largest absolute Gasteiger partial charge is 0.324 e. The lowest BCUT2D eigenvalue weighted by Crippen LogP contribution is -2.21. The van der Waals surface area contributed by atoms with Gasteiger partial charge in [-0.05, 0) is 31.2 Å². The number of carbonyl (C=O) groups excluding carboxylic acids is 1. The second kappa shape index (κ2) is 7.98. The van der Waals surface area contributed by atoms with E-state index in [9.17, 15) is 9.18 Å². The lowest BCUT2D eigenvalue weighted by atomic mass is 10.1. The summed E-state index contributed by atoms with van der Waals surface area (Å²) in [7, 11) is 0. The molecule has 4 rings (SSSR count). The average molecular weight is 386 g/mol. The highest BCUT2D eigenvalue weighted by molar-refractivity contribution is 5.99. The van der Waals surface area contributed by atoms with Gasteiger partial charge in [-0.25, -0.2) is 13.9 Å². The number of halogens is 1. The Kier molecular flexibility index (Phi) is 5.07. The molecule has 0 unspecified atom stereocenters. The Morgan fingerprint density at radius 1 is 0.897 bits per heavy atom. The molecule has 0 radical (unpaired) electrons. The average Bonchev–Trinajstić information content (AvgIpc) is 3.14. The van der Waals surface area contributed by atoms with Gasteiger partial charge in [-0.15, -0.1) is 0 Å². The Labute approximate surface area is 167 Å². The number of aromatic nitrogens is 2. The molecule has 144 valence electrons. The van der Waals surface area contributed by atoms with Crippen molar-refractivity contribution < 1.29 is 9.18 Å². The molecule has 0 saturated heterocycles. The van der Waals surface area contributed by atoms with E-state index in [0.29, 0.717) is 5.82 Å². The van der Waals surface area contributed by atoms with Gasteiger partial charge in [-0.2, -0.15) is 5.10 Å². The van der Waals surface area contributed by atoms with Gasteiger partial charge in [0.1, 0.15) is 11.6 Å². The normalized spacial score (nSPS) is 10.6. The van der Waals surface area contributed by atoms with Crippen molar-refractivity contribution in [2.45, 2.75) is 6.92 Å². The summed E-state index contributed by atoms with van der Waals surface area (Å²) in [6.07, 6.45) is 0. The molecule has 29 heavy (non-hydrogen) atoms. The molecule has 0 spiro atoms. The first kappa shape index (κ1) is 18.4. The van der Waals surface area contributed by atoms with Crippen molar-refractivity contribution in [2.75, 3.05) is 10.6 Å². The van der Waals surface area contributed by atoms with Gasteiger partial charge in [-0.1, -0.05) is 60.2 Å². The number of hydrogen-bond acceptors (Lipinski definition) is 2. The molecule has 2 amide bonds. The summed E-state index contributed by atoms with van der Waals surface area (Å²) in [5.41, 5.74) is 3.71. The number of urea groups is 1. The minimum absolute atomic E-state index is 0.106. The van der Waals surface area contributed by atoms with Gasteiger partial charge >= 0.3 is 6.03 Å². The van der Waals surface area contributed by atoms with E-state index < -0.39 is 11.8 Å². The van der Waals surface area contributed by atoms with E-state index in [1.54, 1.807) is 22.9 Å². The lowest BCUT2D eigenvalue weighted by Gasteiger charge is -2.10. The van der Waals surface area contributed by atoms with Crippen LogP contribution in [0.25, 0.3) is 16.9 Å². The molecule has 0 bridgehead atoms. The van der Waals surface area contributed by atoms with E-state index in [2.05, 4.69) is 15.7 Å². The van der Waals surface area contributed by atoms with Gasteiger partial charge in [0.15, 0.2) is 0 Å². The van der Waals surface area contributed by atoms with E-state index in [1.165, 1.54) is 12.1 Å². The van der Waals surface area contributed by atoms with Crippen LogP contribution in [-0.4, -0.2) is 15.8 Å². The monoisotopic (exact) mass is 386 g/mol. The van der Waals surface area contributed by atoms with Gasteiger partial charge < -0.3 is 5.32 Å². The van der Waals surface area contributed by atoms with Gasteiger partial charge in [0, 0.05) is 11.6 Å². The Morgan fingerprint density at radius 2 is 1.59 bits per heavy atom. The molecular weight excluding hydrogens is 367 g/mol. The molecule has 5 nitrogen and oxygen atoms in total. The minimum Gasteiger partial charge on any atom is -0.305 e. The van der Waals surface area contributed by atoms with Crippen LogP contribution in [-0.2, 0) is 0 Å². The molecule has 0 fully saturated rings. The molecule has 0 aliphatic heterocycles. The first-order valence-corrected chi connectivity index (χ1v) is 9.15. The smallest absolute Gasteiger partial charge is 0.305 e. The molecule has 6 heteroatoms. The molecule has 4 aromatic rings. The fraction of sp³-hybridized carbons (Fsp3) is 0.0435. The number of para-hydroxylation sites is 2. The molecule has 1 aromatic heterocycles. The molecule has 1 heterocycles. The van der Waals surface area contributed by atoms with Crippen LogP contribution < -0.4 is 10.6 Å². The topological polar surface area (TPSA) is 59.0 Å². The van der Waals surface area contributed by atoms with Crippen molar-refractivity contribution in [3.63, 3.8) is 0 Å². The van der Waals surface area contributed by atoms with Crippen LogP contribution in [0.3, 0.4) is 0 Å². The maximum Gasteiger partial charge on any atom is 0.324 e. The Morgan fingerprint density at radius 3 is 2.31 bits per heavy atom. The van der Waals surface area contributed by atoms with Crippen LogP contribution in [0.2, 0.25) is 0 Å². The third kappa shape index (κ3) is 4.16. The lowest BCUT2D eigenvalue weighted by molar-refractivity contribution is 0.262. The maximum atomic E-state index is 13.8. The van der Waals surface area contributed by atoms with Crippen LogP contribution in [0.1, 0.15) is 5.56 Å². The van der Waals surface area contributed by atoms with Gasteiger partial charge in [-0.3, -0.25) is 5.32 Å². The van der Waals surface area contributed by atoms with E-state index in [1.807, 2.05) is 61.5 Å². The summed E-state index contributed by atoms with van der Waals surface area (Å²) in [6, 6.07) is 24.7. The van der Waals surface area contributed by atoms with E-state index in [0.717, 1.165) is 22.5 Å². The van der Waals surface area contributed by atoms with Crippen LogP contribution in [0.5, 0.6) is 0 Å². The standard InChI is InChI=1S/C23H19FN4O/c1-16-11-13-17(14-12-16)21-15-22(28(27-21)18-7-3-2-4-8-18)26-23(29)25-20-10-6-5-9-19(20)24/h2-15H,1H3,(H2,25,26,29). The van der Waals surface area contributed by atoms with Crippen LogP contribution in [0.15, 0.2) is 84.9 Å². The van der Waals surface area contributed by atoms with Crippen molar-refractivity contribution >= 4 is 17.5 Å². The van der Waals surface area contributed by atoms with Crippen molar-refractivity contribution in [1.82, 2.24) is 9.78 Å². The third-order valence-corrected chi connectivity index (χ3v) is 4.42. The van der Waals surface area contributed by atoms with Crippen LogP contribution >= 0.6 is 0 Å². The molecule has 0 atom stereocenters. The van der Waals surface area contributed by atoms with Gasteiger partial charge in [0.05, 0.1) is 17.1 Å². The second-order valence-corrected chi connectivity index (χ2v) is 6.59. The number of hydrogen-bond donors (Lipinski definition) is 2. The predicted octanol–water partition coefficient (Wildman–Crippen LogP) is 5.63. The fourth-order valence-electron chi connectivity index (χ4n) is 2.93. The Bertz CT molecular complexity index is 1140. The Balaban J connectivity index is 1.66. The zero-order valence-corrected chi connectivity index (χ0v) is 15.8. The highest BCUT2D eigenvalue weighted by atomic mass is 19.1. The SMILES string of the molecule is Cc1ccc(-c2cc(NC(=O)Nc3ccccc3F)n(-c3ccccc3)n2)cc1. The molecule has 3 aromatic carbocycles. The molecular formula is C23H19FN4O. The fourth-order valence-corrected chi connectivity index (χ4v) is 2.93. The van der Waals surface area contributed by atoms with Crippen LogP contribution in [0, 0.1) is 12.7 Å². The molecule has 2 N–H and O–H groups in total. The number of nitrogens with zero attached hydrogens (tertiary/aromatic N) is 2. The number of aryl methyl sites for hydroxylation is 1. The Hall–Kier alpha value is -3.93. The van der Waals surface area contributed by atoms with Crippen molar-refractivity contribution in [2.24, 2.45) is 0 Å². The molecule has 0 aliphatic rings. The summed E-state index contributed by atoms with van der Waals surface area (Å²) in [5, 5.41) is 9.96. The zero-order valence-electron chi connectivity index (χ0n) is 15.8. The highest BCUT2D eigenvalue weighted by Gasteiger charge is 2.14. The van der Waals surface area contributed by atoms with Crippen LogP contribution in [0.4, 0.5) is 20.7 Å². The third-order valence-electron chi connectivity index (χ3n) is 4.42. The van der Waals surface area contributed by atoms with E-state index in [-0.39, 0.29) is 5.69 Å². The predicted molar refractivity (Wildman–Crippen MR) is 113 cm³/mol. The van der Waals surface area contributed by atoms with Crippen molar-refractivity contribution in [3.05, 3.63) is 96.3 Å². The summed E-state index contributed by atoms with van der Waals surface area (Å²) in [6.45, 7) is 2.02. The maximum absolute atomic E-state index is 13.8. The van der Waals surface area contributed by atoms with Crippen molar-refractivity contribution in [1.29, 1.82) is 0 Å². The zero-order chi connectivity index (χ0) is 20.2. The van der Waals surface area contributed by atoms with Crippen molar-refractivity contribution in [3.8, 4) is 16.9 Å². The summed E-state index contributed by atoms with van der Waals surface area (Å²) in [5.74, 6) is -0.0276.